The Kier molecular flexibility index (Phi) is 3.52. The van der Waals surface area contributed by atoms with Gasteiger partial charge < -0.3 is 11.1 Å². The summed E-state index contributed by atoms with van der Waals surface area (Å²) in [6, 6.07) is 4.03. The van der Waals surface area contributed by atoms with Gasteiger partial charge in [-0.05, 0) is 11.6 Å². The normalized spacial score (nSPS) is 11.7. The zero-order valence-corrected chi connectivity index (χ0v) is 7.74. The lowest BCUT2D eigenvalue weighted by atomic mass is 10.2. The van der Waals surface area contributed by atoms with Crippen LogP contribution in [0.15, 0.2) is 18.2 Å². The van der Waals surface area contributed by atoms with E-state index in [-0.39, 0.29) is 12.2 Å². The Hall–Kier alpha value is -1.30. The van der Waals surface area contributed by atoms with Crippen molar-refractivity contribution in [3.63, 3.8) is 0 Å². The number of hydrogen-bond donors (Lipinski definition) is 2. The number of nitrogen functional groups attached to an aromatic ring is 1. The summed E-state index contributed by atoms with van der Waals surface area (Å²) in [4.78, 5) is 0. The number of para-hydroxylation sites is 1. The van der Waals surface area contributed by atoms with E-state index in [1.54, 1.807) is 0 Å². The van der Waals surface area contributed by atoms with Gasteiger partial charge in [-0.1, -0.05) is 12.1 Å². The summed E-state index contributed by atoms with van der Waals surface area (Å²) >= 11 is 0. The Morgan fingerprint density at radius 1 is 1.27 bits per heavy atom. The maximum atomic E-state index is 12.9. The monoisotopic (exact) mass is 222 g/mol. The summed E-state index contributed by atoms with van der Waals surface area (Å²) in [5, 5.41) is 2.14. The molecule has 0 bridgehead atoms. The van der Waals surface area contributed by atoms with Crippen LogP contribution < -0.4 is 11.1 Å². The van der Waals surface area contributed by atoms with Gasteiger partial charge >= 0.3 is 6.18 Å². The average Bonchev–Trinajstić information content (AvgIpc) is 2.10. The van der Waals surface area contributed by atoms with Gasteiger partial charge in [0.1, 0.15) is 5.82 Å². The Bertz CT molecular complexity index is 335. The Morgan fingerprint density at radius 3 is 2.53 bits per heavy atom. The molecule has 2 nitrogen and oxygen atoms in total. The SMILES string of the molecule is Nc1c(F)cccc1CNCC(F)(F)F. The third-order valence-electron chi connectivity index (χ3n) is 1.78. The van der Waals surface area contributed by atoms with Crippen LogP contribution in [0.25, 0.3) is 0 Å². The van der Waals surface area contributed by atoms with Crippen LogP contribution in [0.4, 0.5) is 23.2 Å². The first-order chi connectivity index (χ1) is 6.90. The molecule has 0 amide bonds. The van der Waals surface area contributed by atoms with Crippen LogP contribution in [0.1, 0.15) is 5.56 Å². The lowest BCUT2D eigenvalue weighted by Crippen LogP contribution is -2.28. The van der Waals surface area contributed by atoms with Crippen LogP contribution in [0.2, 0.25) is 0 Å². The average molecular weight is 222 g/mol. The molecule has 0 spiro atoms. The summed E-state index contributed by atoms with van der Waals surface area (Å²) in [5.41, 5.74) is 5.54. The van der Waals surface area contributed by atoms with Gasteiger partial charge in [0.05, 0.1) is 12.2 Å². The number of benzene rings is 1. The lowest BCUT2D eigenvalue weighted by Gasteiger charge is -2.10. The van der Waals surface area contributed by atoms with E-state index in [1.807, 2.05) is 0 Å². The summed E-state index contributed by atoms with van der Waals surface area (Å²) in [6.45, 7) is -1.23. The molecule has 0 unspecified atom stereocenters. The molecule has 0 saturated carbocycles. The zero-order valence-electron chi connectivity index (χ0n) is 7.74. The first-order valence-corrected chi connectivity index (χ1v) is 4.20. The molecule has 0 fully saturated rings. The molecule has 6 heteroatoms. The Balaban J connectivity index is 2.55. The molecule has 0 aliphatic heterocycles. The predicted molar refractivity (Wildman–Crippen MR) is 48.6 cm³/mol. The van der Waals surface area contributed by atoms with Gasteiger partial charge in [-0.15, -0.1) is 0 Å². The molecular weight excluding hydrogens is 212 g/mol. The van der Waals surface area contributed by atoms with Crippen molar-refractivity contribution in [2.24, 2.45) is 0 Å². The van der Waals surface area contributed by atoms with Crippen LogP contribution in [-0.2, 0) is 6.54 Å². The fourth-order valence-corrected chi connectivity index (χ4v) is 1.07. The number of rotatable bonds is 3. The number of nitrogens with one attached hydrogen (secondary N) is 1. The first-order valence-electron chi connectivity index (χ1n) is 4.20. The molecule has 84 valence electrons. The molecule has 0 saturated heterocycles. The molecule has 0 aliphatic rings. The van der Waals surface area contributed by atoms with E-state index in [0.29, 0.717) is 5.56 Å². The van der Waals surface area contributed by atoms with Crippen LogP contribution in [-0.4, -0.2) is 12.7 Å². The number of halogens is 4. The smallest absolute Gasteiger partial charge is 0.396 e. The van der Waals surface area contributed by atoms with Crippen LogP contribution >= 0.6 is 0 Å². The second kappa shape index (κ2) is 4.48. The molecule has 0 heterocycles. The molecule has 1 rings (SSSR count). The van der Waals surface area contributed by atoms with E-state index in [2.05, 4.69) is 5.32 Å². The molecule has 0 radical (unpaired) electrons. The number of hydrogen-bond acceptors (Lipinski definition) is 2. The molecule has 1 aromatic rings. The van der Waals surface area contributed by atoms with E-state index in [4.69, 9.17) is 5.73 Å². The molecule has 15 heavy (non-hydrogen) atoms. The van der Waals surface area contributed by atoms with Crippen molar-refractivity contribution < 1.29 is 17.6 Å². The number of anilines is 1. The first kappa shape index (κ1) is 11.8. The highest BCUT2D eigenvalue weighted by atomic mass is 19.4. The van der Waals surface area contributed by atoms with Gasteiger partial charge in [0.25, 0.3) is 0 Å². The minimum atomic E-state index is -4.28. The summed E-state index contributed by atoms with van der Waals surface area (Å²) < 4.78 is 48.2. The van der Waals surface area contributed by atoms with E-state index < -0.39 is 18.5 Å². The maximum Gasteiger partial charge on any atom is 0.401 e. The molecule has 3 N–H and O–H groups in total. The summed E-state index contributed by atoms with van der Waals surface area (Å²) in [7, 11) is 0. The van der Waals surface area contributed by atoms with Crippen molar-refractivity contribution >= 4 is 5.69 Å². The van der Waals surface area contributed by atoms with Crippen LogP contribution in [0.3, 0.4) is 0 Å². The fraction of sp³-hybridized carbons (Fsp3) is 0.333. The highest BCUT2D eigenvalue weighted by molar-refractivity contribution is 5.47. The quantitative estimate of drug-likeness (QED) is 0.606. The maximum absolute atomic E-state index is 12.9. The van der Waals surface area contributed by atoms with Crippen molar-refractivity contribution in [3.05, 3.63) is 29.6 Å². The number of alkyl halides is 3. The van der Waals surface area contributed by atoms with E-state index >= 15 is 0 Å². The zero-order chi connectivity index (χ0) is 11.5. The van der Waals surface area contributed by atoms with Crippen LogP contribution in [0.5, 0.6) is 0 Å². The van der Waals surface area contributed by atoms with Gasteiger partial charge in [0, 0.05) is 6.54 Å². The minimum Gasteiger partial charge on any atom is -0.396 e. The van der Waals surface area contributed by atoms with E-state index in [1.165, 1.54) is 12.1 Å². The minimum absolute atomic E-state index is 0.108. The Morgan fingerprint density at radius 2 is 1.93 bits per heavy atom. The van der Waals surface area contributed by atoms with Crippen LogP contribution in [0, 0.1) is 5.82 Å². The standard InChI is InChI=1S/C9H10F4N2/c10-7-3-1-2-6(8(7)14)4-15-5-9(11,12)13/h1-3,15H,4-5,14H2. The van der Waals surface area contributed by atoms with Gasteiger partial charge in [-0.3, -0.25) is 0 Å². The lowest BCUT2D eigenvalue weighted by molar-refractivity contribution is -0.125. The second-order valence-electron chi connectivity index (χ2n) is 3.03. The molecule has 0 aromatic heterocycles. The van der Waals surface area contributed by atoms with E-state index in [0.717, 1.165) is 6.07 Å². The van der Waals surface area contributed by atoms with Gasteiger partial charge in [-0.2, -0.15) is 13.2 Å². The van der Waals surface area contributed by atoms with Crippen molar-refractivity contribution in [1.82, 2.24) is 5.32 Å². The largest absolute Gasteiger partial charge is 0.401 e. The predicted octanol–water partition coefficient (Wildman–Crippen LogP) is 2.06. The third kappa shape index (κ3) is 3.75. The molecule has 0 aliphatic carbocycles. The molecule has 1 aromatic carbocycles. The molecular formula is C9H10F4N2. The Labute approximate surface area is 84.1 Å². The highest BCUT2D eigenvalue weighted by Gasteiger charge is 2.26. The summed E-state index contributed by atoms with van der Waals surface area (Å²) in [6.07, 6.45) is -4.28. The van der Waals surface area contributed by atoms with Gasteiger partial charge in [-0.25, -0.2) is 4.39 Å². The molecule has 0 atom stereocenters. The highest BCUT2D eigenvalue weighted by Crippen LogP contribution is 2.16. The van der Waals surface area contributed by atoms with Crippen molar-refractivity contribution in [2.45, 2.75) is 12.7 Å². The van der Waals surface area contributed by atoms with E-state index in [9.17, 15) is 17.6 Å². The fourth-order valence-electron chi connectivity index (χ4n) is 1.07. The van der Waals surface area contributed by atoms with Crippen molar-refractivity contribution in [1.29, 1.82) is 0 Å². The van der Waals surface area contributed by atoms with Crippen molar-refractivity contribution in [2.75, 3.05) is 12.3 Å². The topological polar surface area (TPSA) is 38.0 Å². The second-order valence-corrected chi connectivity index (χ2v) is 3.03. The van der Waals surface area contributed by atoms with Gasteiger partial charge in [0.15, 0.2) is 0 Å². The third-order valence-corrected chi connectivity index (χ3v) is 1.78. The van der Waals surface area contributed by atoms with Gasteiger partial charge in [0.2, 0.25) is 0 Å². The summed E-state index contributed by atoms with van der Waals surface area (Å²) in [5.74, 6) is -0.624. The number of nitrogens with two attached hydrogens (primary N) is 1. The van der Waals surface area contributed by atoms with Crippen molar-refractivity contribution in [3.8, 4) is 0 Å².